The summed E-state index contributed by atoms with van der Waals surface area (Å²) in [6.07, 6.45) is -4.74. The van der Waals surface area contributed by atoms with Gasteiger partial charge in [0.25, 0.3) is 0 Å². The molecule has 0 spiro atoms. The Balaban J connectivity index is 4.11. The van der Waals surface area contributed by atoms with Crippen molar-refractivity contribution in [2.24, 2.45) is 5.92 Å². The molecular weight excluding hydrogens is 370 g/mol. The lowest BCUT2D eigenvalue weighted by Gasteiger charge is -2.27. The molecule has 1 amide bonds. The molecule has 5 nitrogen and oxygen atoms in total. The third kappa shape index (κ3) is 10.0. The Morgan fingerprint density at radius 3 is 2.22 bits per heavy atom. The zero-order valence-corrected chi connectivity index (χ0v) is 16.0. The van der Waals surface area contributed by atoms with Crippen LogP contribution >= 0.6 is 0 Å². The molecule has 0 aliphatic carbocycles. The maximum absolute atomic E-state index is 13.0. The van der Waals surface area contributed by atoms with E-state index in [1.165, 1.54) is 0 Å². The molecule has 0 aliphatic heterocycles. The maximum Gasteiger partial charge on any atom is 0.427 e. The number of alkyl carbamates (subject to hydrolysis) is 1. The average molecular weight is 397 g/mol. The zero-order chi connectivity index (χ0) is 21.3. The summed E-state index contributed by atoms with van der Waals surface area (Å²) in [5, 5.41) is 2.16. The number of nitrogens with one attached hydrogen (secondary N) is 1. The van der Waals surface area contributed by atoms with Crippen molar-refractivity contribution in [1.82, 2.24) is 5.32 Å². The zero-order valence-electron chi connectivity index (χ0n) is 16.0. The predicted molar refractivity (Wildman–Crippen MR) is 93.7 cm³/mol. The largest absolute Gasteiger partial charge is 0.491 e. The van der Waals surface area contributed by atoms with E-state index in [2.05, 4.69) is 23.2 Å². The van der Waals surface area contributed by atoms with Crippen molar-refractivity contribution in [2.45, 2.75) is 39.5 Å². The van der Waals surface area contributed by atoms with Crippen molar-refractivity contribution in [3.63, 3.8) is 0 Å². The van der Waals surface area contributed by atoms with Crippen molar-refractivity contribution >= 4 is 6.09 Å². The normalized spacial score (nSPS) is 12.7. The molecule has 0 bridgehead atoms. The van der Waals surface area contributed by atoms with Crippen molar-refractivity contribution in [3.8, 4) is 0 Å². The van der Waals surface area contributed by atoms with Gasteiger partial charge in [-0.2, -0.15) is 13.2 Å². The van der Waals surface area contributed by atoms with Gasteiger partial charge in [-0.15, -0.1) is 0 Å². The molecule has 156 valence electrons. The average Bonchev–Trinajstić information content (AvgIpc) is 2.49. The third-order valence-corrected chi connectivity index (χ3v) is 3.33. The number of allylic oxidation sites excluding steroid dienone is 3. The number of halogens is 4. The molecule has 0 rings (SSSR count). The monoisotopic (exact) mass is 397 g/mol. The first kappa shape index (κ1) is 25.0. The van der Waals surface area contributed by atoms with Crippen LogP contribution in [0.5, 0.6) is 0 Å². The molecule has 0 aromatic heterocycles. The fourth-order valence-corrected chi connectivity index (χ4v) is 1.52. The molecule has 1 N–H and O–H groups in total. The van der Waals surface area contributed by atoms with E-state index < -0.39 is 23.7 Å². The number of carbonyl (C=O) groups is 1. The molecule has 27 heavy (non-hydrogen) atoms. The molecule has 0 aromatic rings. The van der Waals surface area contributed by atoms with E-state index in [1.807, 2.05) is 13.8 Å². The number of ether oxygens (including phenoxy) is 3. The fraction of sp³-hybridized carbons (Fsp3) is 0.611. The molecule has 9 heteroatoms. The van der Waals surface area contributed by atoms with Crippen LogP contribution in [0.4, 0.5) is 22.4 Å². The minimum Gasteiger partial charge on any atom is -0.491 e. The summed E-state index contributed by atoms with van der Waals surface area (Å²) in [6.45, 7) is 12.4. The number of amides is 1. The second-order valence-corrected chi connectivity index (χ2v) is 6.42. The van der Waals surface area contributed by atoms with Crippen LogP contribution in [0.2, 0.25) is 0 Å². The summed E-state index contributed by atoms with van der Waals surface area (Å²) < 4.78 is 65.7. The van der Waals surface area contributed by atoms with Crippen molar-refractivity contribution in [3.05, 3.63) is 36.4 Å². The van der Waals surface area contributed by atoms with Crippen molar-refractivity contribution in [2.75, 3.05) is 26.4 Å². The van der Waals surface area contributed by atoms with Crippen LogP contribution in [0, 0.1) is 5.92 Å². The summed E-state index contributed by atoms with van der Waals surface area (Å²) in [5.41, 5.74) is -1.99. The highest BCUT2D eigenvalue weighted by molar-refractivity contribution is 5.67. The van der Waals surface area contributed by atoms with Crippen LogP contribution in [0.25, 0.3) is 0 Å². The van der Waals surface area contributed by atoms with E-state index in [9.17, 15) is 22.4 Å². The maximum atomic E-state index is 13.0. The summed E-state index contributed by atoms with van der Waals surface area (Å²) in [5.74, 6) is -0.359. The van der Waals surface area contributed by atoms with Gasteiger partial charge >= 0.3 is 12.3 Å². The highest BCUT2D eigenvalue weighted by Crippen LogP contribution is 2.32. The SMILES string of the molecule is C=C(F)/C=C(/OCCOCCNC(=O)OC(C)(C)C(F)(F)F)C(=C)C(C)C. The van der Waals surface area contributed by atoms with Gasteiger partial charge in [-0.3, -0.25) is 0 Å². The summed E-state index contributed by atoms with van der Waals surface area (Å²) >= 11 is 0. The van der Waals surface area contributed by atoms with E-state index >= 15 is 0 Å². The third-order valence-electron chi connectivity index (χ3n) is 3.33. The highest BCUT2D eigenvalue weighted by atomic mass is 19.4. The molecule has 0 radical (unpaired) electrons. The molecule has 0 saturated carbocycles. The predicted octanol–water partition coefficient (Wildman–Crippen LogP) is 4.67. The van der Waals surface area contributed by atoms with Gasteiger partial charge in [0, 0.05) is 12.6 Å². The first-order valence-electron chi connectivity index (χ1n) is 8.27. The summed E-state index contributed by atoms with van der Waals surface area (Å²) in [7, 11) is 0. The van der Waals surface area contributed by atoms with Crippen LogP contribution in [0.1, 0.15) is 27.7 Å². The molecule has 0 aliphatic rings. The molecule has 0 atom stereocenters. The molecule has 0 fully saturated rings. The quantitative estimate of drug-likeness (QED) is 0.238. The van der Waals surface area contributed by atoms with Gasteiger partial charge < -0.3 is 19.5 Å². The first-order valence-corrected chi connectivity index (χ1v) is 8.27. The lowest BCUT2D eigenvalue weighted by molar-refractivity contribution is -0.243. The Labute approximate surface area is 157 Å². The number of hydrogen-bond acceptors (Lipinski definition) is 4. The minimum absolute atomic E-state index is 0.0326. The Hall–Kier alpha value is -2.03. The van der Waals surface area contributed by atoms with E-state index in [0.717, 1.165) is 19.9 Å². The lowest BCUT2D eigenvalue weighted by atomic mass is 10.0. The standard InChI is InChI=1S/C18H27F4NO4/c1-12(2)14(4)15(11-13(3)19)26-10-9-25-8-7-23-16(24)27-17(5,6)18(20,21)22/h11-12H,3-4,7-10H2,1-2,5-6H3,(H,23,24)/b15-11+. The molecule has 0 heterocycles. The smallest absolute Gasteiger partial charge is 0.427 e. The summed E-state index contributed by atoms with van der Waals surface area (Å²) in [4.78, 5) is 11.4. The number of hydrogen-bond donors (Lipinski definition) is 1. The number of alkyl halides is 3. The number of carbonyl (C=O) groups excluding carboxylic acids is 1. The van der Waals surface area contributed by atoms with Crippen molar-refractivity contribution < 1.29 is 36.6 Å². The highest BCUT2D eigenvalue weighted by Gasteiger charge is 2.50. The van der Waals surface area contributed by atoms with Crippen LogP contribution in [-0.4, -0.2) is 44.2 Å². The molecule has 0 aromatic carbocycles. The van der Waals surface area contributed by atoms with Gasteiger partial charge in [-0.1, -0.05) is 27.0 Å². The van der Waals surface area contributed by atoms with E-state index in [0.29, 0.717) is 5.57 Å². The van der Waals surface area contributed by atoms with Crippen LogP contribution < -0.4 is 5.32 Å². The second kappa shape index (κ2) is 11.0. The lowest BCUT2D eigenvalue weighted by Crippen LogP contribution is -2.46. The second-order valence-electron chi connectivity index (χ2n) is 6.42. The van der Waals surface area contributed by atoms with Crippen LogP contribution in [0.3, 0.4) is 0 Å². The molecule has 0 unspecified atom stereocenters. The Morgan fingerprint density at radius 2 is 1.74 bits per heavy atom. The Morgan fingerprint density at radius 1 is 1.15 bits per heavy atom. The van der Waals surface area contributed by atoms with E-state index in [-0.39, 0.29) is 38.0 Å². The minimum atomic E-state index is -4.67. The Kier molecular flexibility index (Phi) is 10.1. The van der Waals surface area contributed by atoms with Crippen LogP contribution in [0.15, 0.2) is 36.4 Å². The molecular formula is C18H27F4NO4. The van der Waals surface area contributed by atoms with Gasteiger partial charge in [-0.25, -0.2) is 9.18 Å². The fourth-order valence-electron chi connectivity index (χ4n) is 1.52. The van der Waals surface area contributed by atoms with E-state index in [1.54, 1.807) is 0 Å². The topological polar surface area (TPSA) is 56.8 Å². The van der Waals surface area contributed by atoms with Gasteiger partial charge in [0.1, 0.15) is 18.2 Å². The van der Waals surface area contributed by atoms with Crippen LogP contribution in [-0.2, 0) is 14.2 Å². The summed E-state index contributed by atoms with van der Waals surface area (Å²) in [6, 6.07) is 0. The van der Waals surface area contributed by atoms with Gasteiger partial charge in [0.15, 0.2) is 0 Å². The van der Waals surface area contributed by atoms with Gasteiger partial charge in [0.05, 0.1) is 13.2 Å². The molecule has 0 saturated heterocycles. The van der Waals surface area contributed by atoms with Crippen molar-refractivity contribution in [1.29, 1.82) is 0 Å². The number of rotatable bonds is 11. The Bertz CT molecular complexity index is 554. The first-order chi connectivity index (χ1) is 12.3. The van der Waals surface area contributed by atoms with E-state index in [4.69, 9.17) is 9.47 Å². The van der Waals surface area contributed by atoms with Gasteiger partial charge in [-0.05, 0) is 25.3 Å². The van der Waals surface area contributed by atoms with Gasteiger partial charge in [0.2, 0.25) is 5.60 Å².